The number of aromatic nitrogens is 6. The van der Waals surface area contributed by atoms with Crippen LogP contribution in [0.25, 0.3) is 64.6 Å². The van der Waals surface area contributed by atoms with E-state index in [1.165, 1.54) is 20.5 Å². The Morgan fingerprint density at radius 3 is 2.40 bits per heavy atom. The van der Waals surface area contributed by atoms with Crippen LogP contribution in [0.3, 0.4) is 0 Å². The SMILES string of the molecule is Cc1ncc(-c2cc3ccc(-c4ccc5c(c4)c4nccnc4c4[nH]c(C(C)C)nc54)cc3s2)[nH]1. The van der Waals surface area contributed by atoms with E-state index >= 15 is 0 Å². The van der Waals surface area contributed by atoms with Crippen molar-refractivity contribution >= 4 is 54.3 Å². The summed E-state index contributed by atoms with van der Waals surface area (Å²) in [5.41, 5.74) is 7.05. The van der Waals surface area contributed by atoms with Crippen molar-refractivity contribution in [2.24, 2.45) is 0 Å². The Hall–Kier alpha value is -4.10. The van der Waals surface area contributed by atoms with E-state index in [-0.39, 0.29) is 0 Å². The highest BCUT2D eigenvalue weighted by Gasteiger charge is 2.17. The Kier molecular flexibility index (Phi) is 4.32. The Morgan fingerprint density at radius 1 is 0.800 bits per heavy atom. The van der Waals surface area contributed by atoms with E-state index in [1.807, 2.05) is 13.1 Å². The third-order valence-electron chi connectivity index (χ3n) is 6.56. The second-order valence-electron chi connectivity index (χ2n) is 9.26. The minimum atomic E-state index is 0.302. The molecule has 7 rings (SSSR count). The van der Waals surface area contributed by atoms with E-state index in [1.54, 1.807) is 23.7 Å². The lowest BCUT2D eigenvalue weighted by Crippen LogP contribution is -1.89. The molecule has 7 aromatic rings. The molecule has 0 fully saturated rings. The van der Waals surface area contributed by atoms with Gasteiger partial charge in [0.1, 0.15) is 17.2 Å². The van der Waals surface area contributed by atoms with Gasteiger partial charge in [-0.3, -0.25) is 9.97 Å². The number of H-pyrrole nitrogens is 2. The van der Waals surface area contributed by atoms with Crippen LogP contribution in [0.15, 0.2) is 61.1 Å². The molecule has 6 nitrogen and oxygen atoms in total. The van der Waals surface area contributed by atoms with Crippen LogP contribution in [0.4, 0.5) is 0 Å². The Morgan fingerprint density at radius 2 is 1.60 bits per heavy atom. The summed E-state index contributed by atoms with van der Waals surface area (Å²) in [7, 11) is 0. The molecule has 4 aromatic heterocycles. The molecule has 0 radical (unpaired) electrons. The summed E-state index contributed by atoms with van der Waals surface area (Å²) in [5, 5.41) is 3.39. The number of hydrogen-bond acceptors (Lipinski definition) is 5. The molecule has 0 atom stereocenters. The van der Waals surface area contributed by atoms with Gasteiger partial charge in [-0.1, -0.05) is 38.1 Å². The fraction of sp³-hybridized carbons (Fsp3) is 0.143. The number of fused-ring (bicyclic) bond motifs is 7. The molecule has 0 bridgehead atoms. The van der Waals surface area contributed by atoms with Crippen LogP contribution in [0.2, 0.25) is 0 Å². The lowest BCUT2D eigenvalue weighted by Gasteiger charge is -2.08. The van der Waals surface area contributed by atoms with Crippen molar-refractivity contribution in [2.75, 3.05) is 0 Å². The number of aromatic amines is 2. The molecule has 4 heterocycles. The largest absolute Gasteiger partial charge is 0.342 e. The standard InChI is InChI=1S/C28H22N6S/c1-14(2)28-33-25-19-7-6-16(10-20(19)24-26(27(25)34-28)30-9-8-29-24)17-4-5-18-12-23(35-22(18)11-17)21-13-31-15(3)32-21/h4-14H,1-3H3,(H,31,32)(H,33,34). The quantitative estimate of drug-likeness (QED) is 0.262. The minimum absolute atomic E-state index is 0.302. The Labute approximate surface area is 205 Å². The molecular formula is C28H22N6S. The van der Waals surface area contributed by atoms with E-state index in [2.05, 4.69) is 76.2 Å². The van der Waals surface area contributed by atoms with Crippen molar-refractivity contribution in [2.45, 2.75) is 26.7 Å². The molecule has 0 aliphatic carbocycles. The molecule has 0 aliphatic rings. The first kappa shape index (κ1) is 20.3. The molecule has 0 saturated carbocycles. The monoisotopic (exact) mass is 474 g/mol. The van der Waals surface area contributed by atoms with Crippen molar-refractivity contribution < 1.29 is 0 Å². The number of hydrogen-bond donors (Lipinski definition) is 2. The molecule has 2 N–H and O–H groups in total. The zero-order valence-electron chi connectivity index (χ0n) is 19.5. The number of nitrogens with one attached hydrogen (secondary N) is 2. The first-order chi connectivity index (χ1) is 17.0. The van der Waals surface area contributed by atoms with Crippen molar-refractivity contribution in [3.05, 3.63) is 72.7 Å². The summed E-state index contributed by atoms with van der Waals surface area (Å²) >= 11 is 1.78. The average molecular weight is 475 g/mol. The lowest BCUT2D eigenvalue weighted by molar-refractivity contribution is 0.799. The zero-order valence-corrected chi connectivity index (χ0v) is 20.4. The number of aryl methyl sites for hydroxylation is 1. The van der Waals surface area contributed by atoms with Crippen LogP contribution in [0.1, 0.15) is 31.4 Å². The third kappa shape index (κ3) is 3.15. The summed E-state index contributed by atoms with van der Waals surface area (Å²) in [4.78, 5) is 26.7. The Bertz CT molecular complexity index is 1910. The summed E-state index contributed by atoms with van der Waals surface area (Å²) < 4.78 is 1.25. The highest BCUT2D eigenvalue weighted by molar-refractivity contribution is 7.22. The minimum Gasteiger partial charge on any atom is -0.342 e. The fourth-order valence-corrected chi connectivity index (χ4v) is 5.83. The maximum absolute atomic E-state index is 4.94. The first-order valence-corrected chi connectivity index (χ1v) is 12.5. The predicted molar refractivity (Wildman–Crippen MR) is 144 cm³/mol. The van der Waals surface area contributed by atoms with Crippen LogP contribution in [-0.2, 0) is 0 Å². The van der Waals surface area contributed by atoms with Crippen LogP contribution in [0, 0.1) is 6.92 Å². The molecule has 170 valence electrons. The van der Waals surface area contributed by atoms with Gasteiger partial charge in [-0.2, -0.15) is 0 Å². The molecular weight excluding hydrogens is 452 g/mol. The summed E-state index contributed by atoms with van der Waals surface area (Å²) in [6.07, 6.45) is 5.41. The number of nitrogens with zero attached hydrogens (tertiary/aromatic N) is 4. The Balaban J connectivity index is 1.42. The van der Waals surface area contributed by atoms with Crippen molar-refractivity contribution in [3.63, 3.8) is 0 Å². The van der Waals surface area contributed by atoms with Crippen molar-refractivity contribution in [3.8, 4) is 21.7 Å². The molecule has 0 unspecified atom stereocenters. The van der Waals surface area contributed by atoms with Gasteiger partial charge >= 0.3 is 0 Å². The van der Waals surface area contributed by atoms with Gasteiger partial charge in [0.05, 0.1) is 33.3 Å². The molecule has 0 spiro atoms. The number of benzene rings is 3. The van der Waals surface area contributed by atoms with Gasteiger partial charge in [-0.25, -0.2) is 9.97 Å². The number of rotatable bonds is 3. The van der Waals surface area contributed by atoms with Gasteiger partial charge < -0.3 is 9.97 Å². The lowest BCUT2D eigenvalue weighted by atomic mass is 9.99. The highest BCUT2D eigenvalue weighted by atomic mass is 32.1. The molecule has 0 amide bonds. The van der Waals surface area contributed by atoms with E-state index < -0.39 is 0 Å². The molecule has 0 aliphatic heterocycles. The van der Waals surface area contributed by atoms with Gasteiger partial charge in [0.15, 0.2) is 0 Å². The van der Waals surface area contributed by atoms with Crippen LogP contribution >= 0.6 is 11.3 Å². The summed E-state index contributed by atoms with van der Waals surface area (Å²) in [6.45, 7) is 6.26. The van der Waals surface area contributed by atoms with Crippen LogP contribution < -0.4 is 0 Å². The van der Waals surface area contributed by atoms with Crippen LogP contribution in [0.5, 0.6) is 0 Å². The maximum Gasteiger partial charge on any atom is 0.115 e. The first-order valence-electron chi connectivity index (χ1n) is 11.7. The van der Waals surface area contributed by atoms with Gasteiger partial charge in [0, 0.05) is 33.8 Å². The highest BCUT2D eigenvalue weighted by Crippen LogP contribution is 2.38. The van der Waals surface area contributed by atoms with Crippen molar-refractivity contribution in [1.82, 2.24) is 29.9 Å². The number of imidazole rings is 2. The van der Waals surface area contributed by atoms with Gasteiger partial charge in [0.25, 0.3) is 0 Å². The molecule has 3 aromatic carbocycles. The predicted octanol–water partition coefficient (Wildman–Crippen LogP) is 7.36. The van der Waals surface area contributed by atoms with Crippen LogP contribution in [-0.4, -0.2) is 29.9 Å². The van der Waals surface area contributed by atoms with Gasteiger partial charge in [0.2, 0.25) is 0 Å². The van der Waals surface area contributed by atoms with E-state index in [0.717, 1.165) is 55.7 Å². The van der Waals surface area contributed by atoms with E-state index in [0.29, 0.717) is 5.92 Å². The average Bonchev–Trinajstić information content (AvgIpc) is 3.61. The molecule has 7 heteroatoms. The fourth-order valence-electron chi connectivity index (χ4n) is 4.77. The smallest absolute Gasteiger partial charge is 0.115 e. The topological polar surface area (TPSA) is 83.1 Å². The summed E-state index contributed by atoms with van der Waals surface area (Å²) in [6, 6.07) is 15.5. The van der Waals surface area contributed by atoms with Gasteiger partial charge in [-0.05, 0) is 41.6 Å². The summed E-state index contributed by atoms with van der Waals surface area (Å²) in [5.74, 6) is 2.20. The number of thiophene rings is 1. The molecule has 0 saturated heterocycles. The second-order valence-corrected chi connectivity index (χ2v) is 10.3. The van der Waals surface area contributed by atoms with E-state index in [9.17, 15) is 0 Å². The normalized spacial score (nSPS) is 12.1. The third-order valence-corrected chi connectivity index (χ3v) is 7.69. The second kappa shape index (κ2) is 7.45. The van der Waals surface area contributed by atoms with E-state index in [4.69, 9.17) is 9.97 Å². The van der Waals surface area contributed by atoms with Crippen molar-refractivity contribution in [1.29, 1.82) is 0 Å². The zero-order chi connectivity index (χ0) is 23.7. The maximum atomic E-state index is 4.94. The molecule has 35 heavy (non-hydrogen) atoms. The van der Waals surface area contributed by atoms with Gasteiger partial charge in [-0.15, -0.1) is 11.3 Å².